The zero-order valence-electron chi connectivity index (χ0n) is 10.3. The van der Waals surface area contributed by atoms with Gasteiger partial charge in [0.25, 0.3) is 0 Å². The molecule has 15 heavy (non-hydrogen) atoms. The highest BCUT2D eigenvalue weighted by atomic mass is 16.7. The van der Waals surface area contributed by atoms with E-state index >= 15 is 0 Å². The van der Waals surface area contributed by atoms with Gasteiger partial charge in [0.05, 0.1) is 6.61 Å². The molecular weight excluding hydrogens is 192 g/mol. The molecule has 1 aliphatic rings. The van der Waals surface area contributed by atoms with Crippen molar-refractivity contribution < 1.29 is 14.3 Å². The summed E-state index contributed by atoms with van der Waals surface area (Å²) in [6.45, 7) is 8.44. The quantitative estimate of drug-likeness (QED) is 0.504. The van der Waals surface area contributed by atoms with Crippen molar-refractivity contribution in [2.24, 2.45) is 0 Å². The fourth-order valence-corrected chi connectivity index (χ4v) is 2.51. The molecule has 0 aliphatic carbocycles. The summed E-state index contributed by atoms with van der Waals surface area (Å²) in [7, 11) is 0. The van der Waals surface area contributed by atoms with Crippen molar-refractivity contribution in [3.05, 3.63) is 0 Å². The Kier molecular flexibility index (Phi) is 3.77. The lowest BCUT2D eigenvalue weighted by molar-refractivity contribution is -0.149. The van der Waals surface area contributed by atoms with E-state index in [1.165, 1.54) is 0 Å². The maximum atomic E-state index is 11.9. The van der Waals surface area contributed by atoms with E-state index in [1.54, 1.807) is 0 Å². The average molecular weight is 214 g/mol. The minimum atomic E-state index is -0.645. The van der Waals surface area contributed by atoms with Crippen LogP contribution in [0.4, 0.5) is 0 Å². The molecule has 1 heterocycles. The maximum Gasteiger partial charge on any atom is 0.341 e. The highest BCUT2D eigenvalue weighted by Gasteiger charge is 2.72. The van der Waals surface area contributed by atoms with Crippen LogP contribution in [0.1, 0.15) is 53.4 Å². The second-order valence-electron chi connectivity index (χ2n) is 4.10. The summed E-state index contributed by atoms with van der Waals surface area (Å²) in [4.78, 5) is 11.9. The minimum absolute atomic E-state index is 0.178. The third kappa shape index (κ3) is 1.78. The number of carbonyl (C=O) groups excluding carboxylic acids is 1. The molecule has 0 N–H and O–H groups in total. The topological polar surface area (TPSA) is 38.8 Å². The lowest BCUT2D eigenvalue weighted by Gasteiger charge is -2.15. The summed E-state index contributed by atoms with van der Waals surface area (Å²) >= 11 is 0. The molecule has 0 aromatic heterocycles. The highest BCUT2D eigenvalue weighted by molar-refractivity contribution is 5.84. The summed E-state index contributed by atoms with van der Waals surface area (Å²) < 4.78 is 10.9. The predicted octanol–water partition coefficient (Wildman–Crippen LogP) is 2.68. The van der Waals surface area contributed by atoms with Crippen molar-refractivity contribution in [1.82, 2.24) is 0 Å². The first-order valence-corrected chi connectivity index (χ1v) is 5.99. The normalized spacial score (nSPS) is 33.9. The fourth-order valence-electron chi connectivity index (χ4n) is 2.51. The Morgan fingerprint density at radius 1 is 1.20 bits per heavy atom. The van der Waals surface area contributed by atoms with E-state index in [-0.39, 0.29) is 11.6 Å². The third-order valence-corrected chi connectivity index (χ3v) is 3.39. The number of epoxide rings is 1. The van der Waals surface area contributed by atoms with E-state index in [0.717, 1.165) is 19.3 Å². The van der Waals surface area contributed by atoms with Crippen LogP contribution in [0.5, 0.6) is 0 Å². The monoisotopic (exact) mass is 214 g/mol. The maximum absolute atomic E-state index is 11.9. The summed E-state index contributed by atoms with van der Waals surface area (Å²) in [5.74, 6) is -0.178. The Balaban J connectivity index is 2.77. The molecule has 0 amide bonds. The molecule has 1 rings (SSSR count). The van der Waals surface area contributed by atoms with Crippen LogP contribution in [-0.2, 0) is 14.3 Å². The molecule has 0 bridgehead atoms. The molecule has 1 aliphatic heterocycles. The first kappa shape index (κ1) is 12.5. The van der Waals surface area contributed by atoms with Gasteiger partial charge in [-0.05, 0) is 26.2 Å². The fraction of sp³-hybridized carbons (Fsp3) is 0.917. The Hall–Kier alpha value is -0.570. The second kappa shape index (κ2) is 4.52. The van der Waals surface area contributed by atoms with Gasteiger partial charge in [-0.3, -0.25) is 0 Å². The lowest BCUT2D eigenvalue weighted by atomic mass is 9.85. The Morgan fingerprint density at radius 3 is 2.27 bits per heavy atom. The molecule has 2 atom stereocenters. The van der Waals surface area contributed by atoms with Crippen molar-refractivity contribution in [2.45, 2.75) is 64.6 Å². The minimum Gasteiger partial charge on any atom is -0.464 e. The van der Waals surface area contributed by atoms with Gasteiger partial charge in [0, 0.05) is 0 Å². The zero-order valence-corrected chi connectivity index (χ0v) is 10.3. The van der Waals surface area contributed by atoms with Crippen LogP contribution in [0, 0.1) is 0 Å². The van der Waals surface area contributed by atoms with Crippen LogP contribution < -0.4 is 0 Å². The standard InChI is InChI=1S/C12H22O3/c1-5-9-11(6-2)12(7-3,15-11)10(13)14-8-4/h5-9H2,1-4H3. The number of carbonyl (C=O) groups is 1. The van der Waals surface area contributed by atoms with Gasteiger partial charge in [0.2, 0.25) is 0 Å². The molecule has 1 fully saturated rings. The number of hydrogen-bond acceptors (Lipinski definition) is 3. The van der Waals surface area contributed by atoms with Gasteiger partial charge in [-0.2, -0.15) is 0 Å². The second-order valence-corrected chi connectivity index (χ2v) is 4.10. The zero-order chi connectivity index (χ0) is 11.5. The number of ether oxygens (including phenoxy) is 2. The molecule has 0 spiro atoms. The van der Waals surface area contributed by atoms with Gasteiger partial charge in [-0.15, -0.1) is 0 Å². The van der Waals surface area contributed by atoms with E-state index < -0.39 is 5.60 Å². The van der Waals surface area contributed by atoms with Gasteiger partial charge in [0.1, 0.15) is 5.60 Å². The Bertz CT molecular complexity index is 239. The van der Waals surface area contributed by atoms with Gasteiger partial charge < -0.3 is 9.47 Å². The number of esters is 1. The van der Waals surface area contributed by atoms with E-state index in [4.69, 9.17) is 9.47 Å². The number of hydrogen-bond donors (Lipinski definition) is 0. The molecule has 88 valence electrons. The van der Waals surface area contributed by atoms with E-state index in [2.05, 4.69) is 13.8 Å². The van der Waals surface area contributed by atoms with Crippen molar-refractivity contribution in [1.29, 1.82) is 0 Å². The van der Waals surface area contributed by atoms with Gasteiger partial charge in [0.15, 0.2) is 5.60 Å². The van der Waals surface area contributed by atoms with Crippen molar-refractivity contribution in [3.63, 3.8) is 0 Å². The first-order chi connectivity index (χ1) is 7.12. The van der Waals surface area contributed by atoms with Crippen molar-refractivity contribution in [2.75, 3.05) is 6.61 Å². The summed E-state index contributed by atoms with van der Waals surface area (Å²) in [5, 5.41) is 0. The average Bonchev–Trinajstić information content (AvgIpc) is 2.89. The molecule has 0 aromatic rings. The molecule has 0 aromatic carbocycles. The lowest BCUT2D eigenvalue weighted by Crippen LogP contribution is -2.35. The van der Waals surface area contributed by atoms with Gasteiger partial charge in [-0.25, -0.2) is 4.79 Å². The molecule has 0 radical (unpaired) electrons. The number of rotatable bonds is 6. The van der Waals surface area contributed by atoms with Gasteiger partial charge >= 0.3 is 5.97 Å². The summed E-state index contributed by atoms with van der Waals surface area (Å²) in [6.07, 6.45) is 3.57. The van der Waals surface area contributed by atoms with Gasteiger partial charge in [-0.1, -0.05) is 27.2 Å². The molecule has 3 nitrogen and oxygen atoms in total. The Morgan fingerprint density at radius 2 is 1.87 bits per heavy atom. The first-order valence-electron chi connectivity index (χ1n) is 5.99. The van der Waals surface area contributed by atoms with Crippen molar-refractivity contribution >= 4 is 5.97 Å². The van der Waals surface area contributed by atoms with Crippen LogP contribution >= 0.6 is 0 Å². The van der Waals surface area contributed by atoms with Crippen LogP contribution in [-0.4, -0.2) is 23.8 Å². The SMILES string of the molecule is CCCC1(CC)OC1(CC)C(=O)OCC. The van der Waals surface area contributed by atoms with Crippen LogP contribution in [0.2, 0.25) is 0 Å². The van der Waals surface area contributed by atoms with Crippen LogP contribution in [0.15, 0.2) is 0 Å². The third-order valence-electron chi connectivity index (χ3n) is 3.39. The molecule has 0 saturated carbocycles. The van der Waals surface area contributed by atoms with E-state index in [1.807, 2.05) is 13.8 Å². The molecular formula is C12H22O3. The highest BCUT2D eigenvalue weighted by Crippen LogP contribution is 2.56. The molecule has 3 heteroatoms. The largest absolute Gasteiger partial charge is 0.464 e. The van der Waals surface area contributed by atoms with Crippen LogP contribution in [0.25, 0.3) is 0 Å². The summed E-state index contributed by atoms with van der Waals surface area (Å²) in [6, 6.07) is 0. The van der Waals surface area contributed by atoms with Crippen molar-refractivity contribution in [3.8, 4) is 0 Å². The van der Waals surface area contributed by atoms with Crippen LogP contribution in [0.3, 0.4) is 0 Å². The van der Waals surface area contributed by atoms with E-state index in [9.17, 15) is 4.79 Å². The predicted molar refractivity (Wildman–Crippen MR) is 58.7 cm³/mol. The molecule has 2 unspecified atom stereocenters. The molecule has 1 saturated heterocycles. The Labute approximate surface area is 92.1 Å². The van der Waals surface area contributed by atoms with E-state index in [0.29, 0.717) is 13.0 Å². The summed E-state index contributed by atoms with van der Waals surface area (Å²) in [5.41, 5.74) is -0.892. The smallest absolute Gasteiger partial charge is 0.341 e.